The Morgan fingerprint density at radius 2 is 2.44 bits per heavy atom. The van der Waals surface area contributed by atoms with Gasteiger partial charge in [-0.1, -0.05) is 0 Å². The van der Waals surface area contributed by atoms with Crippen molar-refractivity contribution in [3.8, 4) is 6.07 Å². The number of hydrogen-bond acceptors (Lipinski definition) is 5. The third-order valence-corrected chi connectivity index (χ3v) is 2.29. The highest BCUT2D eigenvalue weighted by Crippen LogP contribution is 1.95. The Balaban J connectivity index is 0.00000225. The van der Waals surface area contributed by atoms with Crippen molar-refractivity contribution in [2.45, 2.75) is 25.4 Å². The summed E-state index contributed by atoms with van der Waals surface area (Å²) in [6.07, 6.45) is 2.77. The maximum Gasteiger partial charge on any atom is 0.191 e. The van der Waals surface area contributed by atoms with Crippen LogP contribution in [0.25, 0.3) is 0 Å². The van der Waals surface area contributed by atoms with Crippen molar-refractivity contribution in [3.63, 3.8) is 0 Å². The molecule has 1 aliphatic heterocycles. The maximum atomic E-state index is 8.35. The minimum Gasteiger partial charge on any atom is -0.378 e. The van der Waals surface area contributed by atoms with Crippen LogP contribution in [-0.4, -0.2) is 38.8 Å². The van der Waals surface area contributed by atoms with E-state index in [1.807, 2.05) is 0 Å². The molecule has 0 saturated heterocycles. The van der Waals surface area contributed by atoms with Crippen LogP contribution in [-0.2, 0) is 4.74 Å². The summed E-state index contributed by atoms with van der Waals surface area (Å²) in [5.41, 5.74) is 0. The van der Waals surface area contributed by atoms with E-state index < -0.39 is 0 Å². The molecule has 0 saturated carbocycles. The van der Waals surface area contributed by atoms with Crippen molar-refractivity contribution < 1.29 is 4.74 Å². The Morgan fingerprint density at radius 1 is 1.62 bits per heavy atom. The zero-order chi connectivity index (χ0) is 10.9. The van der Waals surface area contributed by atoms with Crippen molar-refractivity contribution in [1.82, 2.24) is 10.6 Å². The molecular weight excluding hydrogens is 319 g/mol. The second kappa shape index (κ2) is 9.66. The van der Waals surface area contributed by atoms with E-state index >= 15 is 0 Å². The van der Waals surface area contributed by atoms with Crippen LogP contribution in [0.2, 0.25) is 0 Å². The molecule has 0 spiro atoms. The summed E-state index contributed by atoms with van der Waals surface area (Å²) in [5, 5.41) is 14.7. The Labute approximate surface area is 114 Å². The monoisotopic (exact) mass is 338 g/mol. The summed E-state index contributed by atoms with van der Waals surface area (Å²) >= 11 is 0. The fourth-order valence-electron chi connectivity index (χ4n) is 1.34. The molecule has 1 heterocycles. The van der Waals surface area contributed by atoms with E-state index in [0.717, 1.165) is 31.9 Å². The summed E-state index contributed by atoms with van der Waals surface area (Å²) in [4.78, 5) is 4.30. The highest BCUT2D eigenvalue weighted by molar-refractivity contribution is 14.0. The van der Waals surface area contributed by atoms with Crippen LogP contribution >= 0.6 is 24.0 Å². The maximum absolute atomic E-state index is 8.35. The van der Waals surface area contributed by atoms with Crippen molar-refractivity contribution in [2.24, 2.45) is 4.99 Å². The topological polar surface area (TPSA) is 69.4 Å². The number of rotatable bonds is 5. The van der Waals surface area contributed by atoms with E-state index in [-0.39, 0.29) is 30.1 Å². The van der Waals surface area contributed by atoms with Crippen molar-refractivity contribution in [2.75, 3.05) is 26.7 Å². The Morgan fingerprint density at radius 3 is 3.00 bits per heavy atom. The summed E-state index contributed by atoms with van der Waals surface area (Å²) in [7, 11) is 1.70. The molecule has 1 atom stereocenters. The van der Waals surface area contributed by atoms with Gasteiger partial charge in [0.05, 0.1) is 18.7 Å². The van der Waals surface area contributed by atoms with E-state index in [4.69, 9.17) is 10.00 Å². The van der Waals surface area contributed by atoms with E-state index in [1.54, 1.807) is 7.11 Å². The van der Waals surface area contributed by atoms with Gasteiger partial charge in [-0.05, 0) is 12.8 Å². The number of nitrogens with one attached hydrogen (secondary N) is 2. The van der Waals surface area contributed by atoms with Crippen LogP contribution < -0.4 is 10.6 Å². The largest absolute Gasteiger partial charge is 0.378 e. The number of hydrogen-bond donors (Lipinski definition) is 2. The molecule has 1 unspecified atom stereocenters. The zero-order valence-corrected chi connectivity index (χ0v) is 11.9. The first-order valence-electron chi connectivity index (χ1n) is 5.28. The third kappa shape index (κ3) is 6.12. The molecule has 0 radical (unpaired) electrons. The summed E-state index contributed by atoms with van der Waals surface area (Å²) in [6, 6.07) is 2.13. The summed E-state index contributed by atoms with van der Waals surface area (Å²) < 4.78 is 5.16. The zero-order valence-electron chi connectivity index (χ0n) is 9.53. The van der Waals surface area contributed by atoms with E-state index in [0.29, 0.717) is 13.0 Å². The van der Waals surface area contributed by atoms with Gasteiger partial charge in [-0.25, -0.2) is 0 Å². The van der Waals surface area contributed by atoms with Crippen LogP contribution in [0, 0.1) is 11.3 Å². The number of methoxy groups -OCH3 is 1. The summed E-state index contributed by atoms with van der Waals surface area (Å²) in [5.74, 6) is 0.847. The van der Waals surface area contributed by atoms with Gasteiger partial charge in [0, 0.05) is 26.6 Å². The first kappa shape index (κ1) is 15.4. The molecule has 0 aromatic rings. The Kier molecular flexibility index (Phi) is 9.33. The molecule has 0 bridgehead atoms. The van der Waals surface area contributed by atoms with Crippen LogP contribution in [0.4, 0.5) is 0 Å². The third-order valence-electron chi connectivity index (χ3n) is 2.29. The van der Waals surface area contributed by atoms with Crippen LogP contribution in [0.1, 0.15) is 19.3 Å². The highest BCUT2D eigenvalue weighted by atomic mass is 127. The molecule has 6 heteroatoms. The van der Waals surface area contributed by atoms with Crippen LogP contribution in [0.3, 0.4) is 0 Å². The SMILES string of the molecule is COC1CN=C(NCCCCC#N)NC1.I. The standard InChI is InChI=1S/C10H18N4O.HI/c1-15-9-7-13-10(14-8-9)12-6-4-2-3-5-11;/h9H,2-4,6-8H2,1H3,(H2,12,13,14);1H. The minimum absolute atomic E-state index is 0. The van der Waals surface area contributed by atoms with Crippen molar-refractivity contribution in [1.29, 1.82) is 5.26 Å². The van der Waals surface area contributed by atoms with Crippen molar-refractivity contribution in [3.05, 3.63) is 0 Å². The number of unbranched alkanes of at least 4 members (excludes halogenated alkanes) is 2. The molecule has 1 aliphatic rings. The fraction of sp³-hybridized carbons (Fsp3) is 0.800. The van der Waals surface area contributed by atoms with Gasteiger partial charge >= 0.3 is 0 Å². The molecule has 92 valence electrons. The van der Waals surface area contributed by atoms with Gasteiger partial charge in [0.1, 0.15) is 0 Å². The normalized spacial score (nSPS) is 18.8. The van der Waals surface area contributed by atoms with Gasteiger partial charge in [0.15, 0.2) is 5.96 Å². The van der Waals surface area contributed by atoms with Gasteiger partial charge in [-0.15, -0.1) is 24.0 Å². The first-order valence-corrected chi connectivity index (χ1v) is 5.28. The lowest BCUT2D eigenvalue weighted by Gasteiger charge is -2.22. The lowest BCUT2D eigenvalue weighted by Crippen LogP contribution is -2.46. The van der Waals surface area contributed by atoms with Gasteiger partial charge in [-0.2, -0.15) is 5.26 Å². The number of nitriles is 1. The highest BCUT2D eigenvalue weighted by Gasteiger charge is 2.12. The number of halogens is 1. The quantitative estimate of drug-likeness (QED) is 0.576. The lowest BCUT2D eigenvalue weighted by molar-refractivity contribution is 0.109. The summed E-state index contributed by atoms with van der Waals surface area (Å²) in [6.45, 7) is 2.38. The molecule has 0 amide bonds. The number of aliphatic imine (C=N–C) groups is 1. The average molecular weight is 338 g/mol. The van der Waals surface area contributed by atoms with Crippen molar-refractivity contribution >= 4 is 29.9 Å². The van der Waals surface area contributed by atoms with Gasteiger partial charge in [0.2, 0.25) is 0 Å². The van der Waals surface area contributed by atoms with Gasteiger partial charge in [-0.3, -0.25) is 4.99 Å². The van der Waals surface area contributed by atoms with Gasteiger partial charge in [0.25, 0.3) is 0 Å². The molecule has 16 heavy (non-hydrogen) atoms. The Bertz CT molecular complexity index is 252. The molecule has 5 nitrogen and oxygen atoms in total. The molecule has 2 N–H and O–H groups in total. The van der Waals surface area contributed by atoms with Crippen LogP contribution in [0.15, 0.2) is 4.99 Å². The smallest absolute Gasteiger partial charge is 0.191 e. The predicted octanol–water partition coefficient (Wildman–Crippen LogP) is 0.862. The number of guanidine groups is 1. The second-order valence-corrected chi connectivity index (χ2v) is 3.47. The molecule has 0 aliphatic carbocycles. The lowest BCUT2D eigenvalue weighted by atomic mass is 10.2. The average Bonchev–Trinajstić information content (AvgIpc) is 2.30. The number of nitrogens with zero attached hydrogens (tertiary/aromatic N) is 2. The first-order chi connectivity index (χ1) is 7.36. The second-order valence-electron chi connectivity index (χ2n) is 3.47. The molecule has 0 aromatic carbocycles. The Hall–Kier alpha value is -0.550. The molecule has 0 fully saturated rings. The predicted molar refractivity (Wildman–Crippen MR) is 74.0 cm³/mol. The van der Waals surface area contributed by atoms with E-state index in [1.165, 1.54) is 0 Å². The fourth-order valence-corrected chi connectivity index (χ4v) is 1.34. The van der Waals surface area contributed by atoms with E-state index in [2.05, 4.69) is 21.7 Å². The minimum atomic E-state index is 0. The van der Waals surface area contributed by atoms with Gasteiger partial charge < -0.3 is 15.4 Å². The molecule has 1 rings (SSSR count). The molecular formula is C10H19IN4O. The molecule has 0 aromatic heterocycles. The number of ether oxygens (including phenoxy) is 1. The van der Waals surface area contributed by atoms with Crippen LogP contribution in [0.5, 0.6) is 0 Å². The van der Waals surface area contributed by atoms with E-state index in [9.17, 15) is 0 Å².